The van der Waals surface area contributed by atoms with Gasteiger partial charge in [0, 0.05) is 5.75 Å². The van der Waals surface area contributed by atoms with E-state index in [4.69, 9.17) is 9.66 Å². The van der Waals surface area contributed by atoms with Crippen molar-refractivity contribution in [1.29, 1.82) is 0 Å². The largest absolute Gasteiger partial charge is 0.386 e. The minimum atomic E-state index is -3.83. The van der Waals surface area contributed by atoms with Crippen molar-refractivity contribution in [3.63, 3.8) is 0 Å². The van der Waals surface area contributed by atoms with Gasteiger partial charge in [0.25, 0.3) is 10.1 Å². The zero-order valence-electron chi connectivity index (χ0n) is 4.65. The van der Waals surface area contributed by atoms with Crippen molar-refractivity contribution in [3.05, 3.63) is 0 Å². The summed E-state index contributed by atoms with van der Waals surface area (Å²) >= 11 is 1.05. The summed E-state index contributed by atoms with van der Waals surface area (Å²) in [5.41, 5.74) is 0. The number of rotatable bonds is 4. The molecular weight excluding hydrogens is 164 g/mol. The topological polar surface area (TPSA) is 74.6 Å². The van der Waals surface area contributed by atoms with Gasteiger partial charge in [0.15, 0.2) is 0 Å². The third-order valence-corrected chi connectivity index (χ3v) is 2.23. The summed E-state index contributed by atoms with van der Waals surface area (Å²) in [6.45, 7) is 0. The lowest BCUT2D eigenvalue weighted by Crippen LogP contribution is -2.05. The molecule has 0 fully saturated rings. The lowest BCUT2D eigenvalue weighted by atomic mass is 11.0. The Bertz CT molecular complexity index is 149. The van der Waals surface area contributed by atoms with Gasteiger partial charge in [-0.1, -0.05) is 0 Å². The van der Waals surface area contributed by atoms with Gasteiger partial charge in [-0.15, -0.1) is 11.8 Å². The summed E-state index contributed by atoms with van der Waals surface area (Å²) in [6.07, 6.45) is 0. The van der Waals surface area contributed by atoms with E-state index in [0.717, 1.165) is 11.8 Å². The molecular formula is C3H8O4S2. The highest BCUT2D eigenvalue weighted by Gasteiger charge is 2.01. The van der Waals surface area contributed by atoms with E-state index in [-0.39, 0.29) is 17.4 Å². The fourth-order valence-electron chi connectivity index (χ4n) is 0.229. The Balaban J connectivity index is 3.30. The van der Waals surface area contributed by atoms with Gasteiger partial charge >= 0.3 is 0 Å². The molecule has 0 aromatic heterocycles. The molecule has 0 radical (unpaired) electrons. The van der Waals surface area contributed by atoms with Crippen LogP contribution in [0.4, 0.5) is 0 Å². The average molecular weight is 172 g/mol. The minimum Gasteiger partial charge on any atom is -0.386 e. The Morgan fingerprint density at radius 3 is 2.33 bits per heavy atom. The highest BCUT2D eigenvalue weighted by atomic mass is 32.2. The lowest BCUT2D eigenvalue weighted by Gasteiger charge is -1.92. The van der Waals surface area contributed by atoms with E-state index >= 15 is 0 Å². The summed E-state index contributed by atoms with van der Waals surface area (Å²) in [7, 11) is -3.83. The fraction of sp³-hybridized carbons (Fsp3) is 1.00. The maximum Gasteiger partial charge on any atom is 0.265 e. The second kappa shape index (κ2) is 4.10. The second-order valence-electron chi connectivity index (χ2n) is 1.32. The highest BCUT2D eigenvalue weighted by molar-refractivity contribution is 8.00. The third kappa shape index (κ3) is 8.22. The van der Waals surface area contributed by atoms with Crippen LogP contribution >= 0.6 is 11.8 Å². The highest BCUT2D eigenvalue weighted by Crippen LogP contribution is 1.97. The van der Waals surface area contributed by atoms with Crippen LogP contribution in [0.3, 0.4) is 0 Å². The number of hydrogen-bond donors (Lipinski definition) is 2. The van der Waals surface area contributed by atoms with Crippen LogP contribution in [-0.2, 0) is 10.1 Å². The fourth-order valence-corrected chi connectivity index (χ4v) is 1.67. The molecule has 0 bridgehead atoms. The van der Waals surface area contributed by atoms with Crippen molar-refractivity contribution in [2.45, 2.75) is 0 Å². The van der Waals surface area contributed by atoms with Gasteiger partial charge in [0.05, 0.1) is 11.7 Å². The van der Waals surface area contributed by atoms with Gasteiger partial charge < -0.3 is 5.11 Å². The Morgan fingerprint density at radius 2 is 2.00 bits per heavy atom. The van der Waals surface area contributed by atoms with Crippen molar-refractivity contribution < 1.29 is 18.1 Å². The maximum absolute atomic E-state index is 9.97. The first kappa shape index (κ1) is 9.22. The van der Waals surface area contributed by atoms with E-state index in [1.165, 1.54) is 0 Å². The first-order chi connectivity index (χ1) is 4.06. The Morgan fingerprint density at radius 1 is 1.44 bits per heavy atom. The van der Waals surface area contributed by atoms with Gasteiger partial charge in [0.1, 0.15) is 0 Å². The van der Waals surface area contributed by atoms with Crippen LogP contribution in [0.5, 0.6) is 0 Å². The van der Waals surface area contributed by atoms with Crippen molar-refractivity contribution in [2.75, 3.05) is 17.4 Å². The van der Waals surface area contributed by atoms with Crippen molar-refractivity contribution in [1.82, 2.24) is 0 Å². The number of hydrogen-bond acceptors (Lipinski definition) is 4. The van der Waals surface area contributed by atoms with Crippen LogP contribution in [0, 0.1) is 0 Å². The first-order valence-electron chi connectivity index (χ1n) is 2.20. The summed E-state index contributed by atoms with van der Waals surface area (Å²) in [5.74, 6) is -0.177. The molecule has 0 amide bonds. The third-order valence-electron chi connectivity index (χ3n) is 0.577. The summed E-state index contributed by atoms with van der Waals surface area (Å²) in [5, 5.41) is 8.15. The lowest BCUT2D eigenvalue weighted by molar-refractivity contribution is 0.375. The van der Waals surface area contributed by atoms with Crippen LogP contribution in [0.25, 0.3) is 0 Å². The van der Waals surface area contributed by atoms with Crippen LogP contribution in [0.2, 0.25) is 0 Å². The van der Waals surface area contributed by atoms with E-state index in [0.29, 0.717) is 0 Å². The zero-order valence-corrected chi connectivity index (χ0v) is 6.28. The monoisotopic (exact) mass is 172 g/mol. The predicted molar refractivity (Wildman–Crippen MR) is 36.0 cm³/mol. The molecule has 0 heterocycles. The van der Waals surface area contributed by atoms with Gasteiger partial charge in [-0.05, 0) is 0 Å². The molecule has 56 valence electrons. The molecule has 0 spiro atoms. The van der Waals surface area contributed by atoms with E-state index in [1.807, 2.05) is 0 Å². The average Bonchev–Trinajstić information content (AvgIpc) is 1.63. The number of thioether (sulfide) groups is 1. The summed E-state index contributed by atoms with van der Waals surface area (Å²) in [6, 6.07) is 0. The molecule has 0 aromatic rings. The zero-order chi connectivity index (χ0) is 7.33. The van der Waals surface area contributed by atoms with Crippen molar-refractivity contribution in [3.8, 4) is 0 Å². The smallest absolute Gasteiger partial charge is 0.265 e. The van der Waals surface area contributed by atoms with E-state index in [1.54, 1.807) is 0 Å². The molecule has 0 aromatic carbocycles. The summed E-state index contributed by atoms with van der Waals surface area (Å²) < 4.78 is 28.1. The van der Waals surface area contributed by atoms with Gasteiger partial charge in [-0.2, -0.15) is 8.42 Å². The standard InChI is InChI=1S/C3H8O4S2/c4-3-8-1-2-9(5,6)7/h4H,1-3H2,(H,5,6,7). The molecule has 0 aliphatic rings. The maximum atomic E-state index is 9.97. The van der Waals surface area contributed by atoms with Crippen LogP contribution in [0.15, 0.2) is 0 Å². The number of aliphatic hydroxyl groups excluding tert-OH is 1. The van der Waals surface area contributed by atoms with Gasteiger partial charge in [-0.3, -0.25) is 4.55 Å². The van der Waals surface area contributed by atoms with Gasteiger partial charge in [-0.25, -0.2) is 0 Å². The molecule has 6 heteroatoms. The summed E-state index contributed by atoms with van der Waals surface area (Å²) in [4.78, 5) is 0. The Labute approximate surface area is 58.0 Å². The van der Waals surface area contributed by atoms with Gasteiger partial charge in [0.2, 0.25) is 0 Å². The van der Waals surface area contributed by atoms with E-state index in [9.17, 15) is 8.42 Å². The van der Waals surface area contributed by atoms with Crippen LogP contribution in [0.1, 0.15) is 0 Å². The number of aliphatic hydroxyl groups is 1. The first-order valence-corrected chi connectivity index (χ1v) is 4.96. The van der Waals surface area contributed by atoms with Crippen LogP contribution < -0.4 is 0 Å². The SMILES string of the molecule is O=S(=O)(O)CCSCO. The van der Waals surface area contributed by atoms with Crippen molar-refractivity contribution in [2.24, 2.45) is 0 Å². The normalized spacial score (nSPS) is 11.8. The van der Waals surface area contributed by atoms with E-state index in [2.05, 4.69) is 0 Å². The Hall–Kier alpha value is 0.220. The molecule has 4 nitrogen and oxygen atoms in total. The van der Waals surface area contributed by atoms with E-state index < -0.39 is 10.1 Å². The Kier molecular flexibility index (Phi) is 4.20. The molecule has 0 saturated heterocycles. The molecule has 2 N–H and O–H groups in total. The predicted octanol–water partition coefficient (Wildman–Crippen LogP) is -0.443. The molecule has 0 atom stereocenters. The van der Waals surface area contributed by atoms with Crippen molar-refractivity contribution >= 4 is 21.9 Å². The molecule has 9 heavy (non-hydrogen) atoms. The molecule has 0 aliphatic carbocycles. The molecule has 0 saturated carbocycles. The molecule has 0 rings (SSSR count). The molecule has 0 aliphatic heterocycles. The minimum absolute atomic E-state index is 0.116. The van der Waals surface area contributed by atoms with Crippen LogP contribution in [-0.4, -0.2) is 35.5 Å². The quantitative estimate of drug-likeness (QED) is 0.341. The second-order valence-corrected chi connectivity index (χ2v) is 3.97. The molecule has 0 unspecified atom stereocenters.